The number of thioether (sulfide) groups is 1. The SMILES string of the molecule is CN(C)C(=O)CNC(=O)CSCc1ccc(Cl)s1. The van der Waals surface area contributed by atoms with Crippen LogP contribution in [0.15, 0.2) is 12.1 Å². The molecule has 1 N–H and O–H groups in total. The van der Waals surface area contributed by atoms with Crippen molar-refractivity contribution in [1.29, 1.82) is 0 Å². The van der Waals surface area contributed by atoms with E-state index in [2.05, 4.69) is 5.32 Å². The summed E-state index contributed by atoms with van der Waals surface area (Å²) in [4.78, 5) is 25.3. The first kappa shape index (κ1) is 15.3. The number of thiophene rings is 1. The molecular formula is C11H15ClN2O2S2. The number of carbonyl (C=O) groups is 2. The summed E-state index contributed by atoms with van der Waals surface area (Å²) in [5, 5.41) is 2.58. The lowest BCUT2D eigenvalue weighted by Crippen LogP contribution is -2.36. The van der Waals surface area contributed by atoms with Gasteiger partial charge in [-0.25, -0.2) is 0 Å². The van der Waals surface area contributed by atoms with Crippen LogP contribution < -0.4 is 5.32 Å². The van der Waals surface area contributed by atoms with E-state index < -0.39 is 0 Å². The van der Waals surface area contributed by atoms with Crippen molar-refractivity contribution in [2.24, 2.45) is 0 Å². The van der Waals surface area contributed by atoms with Gasteiger partial charge in [0.25, 0.3) is 0 Å². The molecule has 4 nitrogen and oxygen atoms in total. The number of carbonyl (C=O) groups excluding carboxylic acids is 2. The minimum absolute atomic E-state index is 0.0528. The monoisotopic (exact) mass is 306 g/mol. The molecule has 0 aliphatic heterocycles. The smallest absolute Gasteiger partial charge is 0.241 e. The topological polar surface area (TPSA) is 49.4 Å². The minimum atomic E-state index is -0.127. The van der Waals surface area contributed by atoms with E-state index in [1.807, 2.05) is 12.1 Å². The molecule has 0 saturated carbocycles. The molecule has 0 radical (unpaired) electrons. The lowest BCUT2D eigenvalue weighted by atomic mass is 10.5. The summed E-state index contributed by atoms with van der Waals surface area (Å²) in [7, 11) is 3.31. The molecule has 0 unspecified atom stereocenters. The number of rotatable bonds is 6. The molecule has 0 saturated heterocycles. The number of halogens is 1. The summed E-state index contributed by atoms with van der Waals surface area (Å²) in [6, 6.07) is 3.80. The van der Waals surface area contributed by atoms with Gasteiger partial charge >= 0.3 is 0 Å². The quantitative estimate of drug-likeness (QED) is 0.872. The third kappa shape index (κ3) is 5.75. The molecular weight excluding hydrogens is 292 g/mol. The molecule has 18 heavy (non-hydrogen) atoms. The van der Waals surface area contributed by atoms with Gasteiger partial charge in [0.2, 0.25) is 11.8 Å². The fourth-order valence-corrected chi connectivity index (χ4v) is 3.11. The Kier molecular flexibility index (Phi) is 6.52. The van der Waals surface area contributed by atoms with Crippen molar-refractivity contribution in [3.63, 3.8) is 0 Å². The molecule has 0 fully saturated rings. The minimum Gasteiger partial charge on any atom is -0.347 e. The van der Waals surface area contributed by atoms with E-state index >= 15 is 0 Å². The third-order valence-corrected chi connectivity index (χ3v) is 4.44. The average Bonchev–Trinajstić information content (AvgIpc) is 2.71. The summed E-state index contributed by atoms with van der Waals surface area (Å²) < 4.78 is 0.756. The predicted octanol–water partition coefficient (Wildman–Crippen LogP) is 1.84. The second-order valence-corrected chi connectivity index (χ2v) is 6.55. The van der Waals surface area contributed by atoms with E-state index in [9.17, 15) is 9.59 Å². The van der Waals surface area contributed by atoms with Gasteiger partial charge in [-0.05, 0) is 12.1 Å². The Morgan fingerprint density at radius 2 is 2.17 bits per heavy atom. The summed E-state index contributed by atoms with van der Waals surface area (Å²) in [5.41, 5.74) is 0. The zero-order valence-corrected chi connectivity index (χ0v) is 12.6. The summed E-state index contributed by atoms with van der Waals surface area (Å²) in [6.07, 6.45) is 0. The Morgan fingerprint density at radius 3 is 2.72 bits per heavy atom. The van der Waals surface area contributed by atoms with Gasteiger partial charge in [0.1, 0.15) is 0 Å². The lowest BCUT2D eigenvalue weighted by Gasteiger charge is -2.10. The molecule has 0 bridgehead atoms. The highest BCUT2D eigenvalue weighted by atomic mass is 35.5. The predicted molar refractivity (Wildman–Crippen MR) is 77.2 cm³/mol. The molecule has 7 heteroatoms. The molecule has 1 aromatic heterocycles. The van der Waals surface area contributed by atoms with Crippen LogP contribution in [0, 0.1) is 0 Å². The van der Waals surface area contributed by atoms with Crippen LogP contribution in [0.4, 0.5) is 0 Å². The van der Waals surface area contributed by atoms with Crippen LogP contribution in [-0.4, -0.2) is 43.1 Å². The number of nitrogens with one attached hydrogen (secondary N) is 1. The molecule has 0 aliphatic carbocycles. The van der Waals surface area contributed by atoms with Crippen LogP contribution in [0.2, 0.25) is 4.34 Å². The maximum Gasteiger partial charge on any atom is 0.241 e. The zero-order valence-electron chi connectivity index (χ0n) is 10.2. The first-order chi connectivity index (χ1) is 8.49. The molecule has 2 amide bonds. The van der Waals surface area contributed by atoms with Crippen molar-refractivity contribution in [2.45, 2.75) is 5.75 Å². The Hall–Kier alpha value is -0.720. The van der Waals surface area contributed by atoms with Crippen molar-refractivity contribution in [3.05, 3.63) is 21.3 Å². The van der Waals surface area contributed by atoms with Gasteiger partial charge in [-0.1, -0.05) is 11.6 Å². The number of hydrogen-bond donors (Lipinski definition) is 1. The summed E-state index contributed by atoms with van der Waals surface area (Å²) in [5.74, 6) is 0.860. The normalized spacial score (nSPS) is 10.2. The number of likely N-dealkylation sites (N-methyl/N-ethyl adjacent to an activating group) is 1. The van der Waals surface area contributed by atoms with E-state index in [1.54, 1.807) is 14.1 Å². The maximum atomic E-state index is 11.4. The Bertz CT molecular complexity index is 421. The van der Waals surface area contributed by atoms with E-state index in [0.29, 0.717) is 5.75 Å². The second-order valence-electron chi connectivity index (χ2n) is 3.76. The molecule has 1 aromatic rings. The first-order valence-electron chi connectivity index (χ1n) is 5.28. The van der Waals surface area contributed by atoms with Crippen LogP contribution in [0.5, 0.6) is 0 Å². The van der Waals surface area contributed by atoms with Crippen LogP contribution in [0.1, 0.15) is 4.88 Å². The van der Waals surface area contributed by atoms with Crippen molar-refractivity contribution < 1.29 is 9.59 Å². The van der Waals surface area contributed by atoms with E-state index in [4.69, 9.17) is 11.6 Å². The Balaban J connectivity index is 2.16. The van der Waals surface area contributed by atoms with Crippen LogP contribution in [0.25, 0.3) is 0 Å². The van der Waals surface area contributed by atoms with Gasteiger partial charge in [-0.15, -0.1) is 23.1 Å². The second kappa shape index (κ2) is 7.66. The lowest BCUT2D eigenvalue weighted by molar-refractivity contribution is -0.130. The number of amides is 2. The Labute approximate surface area is 120 Å². The molecule has 0 aliphatic rings. The molecule has 1 heterocycles. The molecule has 100 valence electrons. The van der Waals surface area contributed by atoms with Gasteiger partial charge in [0.15, 0.2) is 0 Å². The van der Waals surface area contributed by atoms with Crippen molar-refractivity contribution in [2.75, 3.05) is 26.4 Å². The van der Waals surface area contributed by atoms with Crippen molar-refractivity contribution in [1.82, 2.24) is 10.2 Å². The van der Waals surface area contributed by atoms with Gasteiger partial charge in [-0.3, -0.25) is 9.59 Å². The Morgan fingerprint density at radius 1 is 1.44 bits per heavy atom. The fourth-order valence-electron chi connectivity index (χ4n) is 1.06. The largest absolute Gasteiger partial charge is 0.347 e. The highest BCUT2D eigenvalue weighted by Gasteiger charge is 2.07. The molecule has 0 spiro atoms. The van der Waals surface area contributed by atoms with Crippen molar-refractivity contribution in [3.8, 4) is 0 Å². The van der Waals surface area contributed by atoms with E-state index in [1.165, 1.54) is 28.0 Å². The van der Waals surface area contributed by atoms with Crippen molar-refractivity contribution >= 4 is 46.5 Å². The number of nitrogens with zero attached hydrogens (tertiary/aromatic N) is 1. The molecule has 1 rings (SSSR count). The van der Waals surface area contributed by atoms with Gasteiger partial charge < -0.3 is 10.2 Å². The molecule has 0 atom stereocenters. The van der Waals surface area contributed by atoms with E-state index in [0.717, 1.165) is 15.0 Å². The van der Waals surface area contributed by atoms with Crippen LogP contribution in [0.3, 0.4) is 0 Å². The standard InChI is InChI=1S/C11H15ClN2O2S2/c1-14(2)11(16)5-13-10(15)7-17-6-8-3-4-9(12)18-8/h3-4H,5-7H2,1-2H3,(H,13,15). The number of hydrogen-bond acceptors (Lipinski definition) is 4. The summed E-state index contributed by atoms with van der Waals surface area (Å²) in [6.45, 7) is 0.0528. The zero-order chi connectivity index (χ0) is 13.5. The highest BCUT2D eigenvalue weighted by molar-refractivity contribution is 7.99. The van der Waals surface area contributed by atoms with Crippen LogP contribution >= 0.6 is 34.7 Å². The van der Waals surface area contributed by atoms with Gasteiger partial charge in [0.05, 0.1) is 16.6 Å². The van der Waals surface area contributed by atoms with E-state index in [-0.39, 0.29) is 18.4 Å². The van der Waals surface area contributed by atoms with Gasteiger partial charge in [-0.2, -0.15) is 0 Å². The van der Waals surface area contributed by atoms with Gasteiger partial charge in [0, 0.05) is 24.7 Å². The maximum absolute atomic E-state index is 11.4. The average molecular weight is 307 g/mol. The third-order valence-electron chi connectivity index (χ3n) is 2.04. The molecule has 0 aromatic carbocycles. The summed E-state index contributed by atoms with van der Waals surface area (Å²) >= 11 is 8.82. The first-order valence-corrected chi connectivity index (χ1v) is 7.62. The van der Waals surface area contributed by atoms with Crippen LogP contribution in [-0.2, 0) is 15.3 Å². The fraction of sp³-hybridized carbons (Fsp3) is 0.455. The highest BCUT2D eigenvalue weighted by Crippen LogP contribution is 2.24.